The highest BCUT2D eigenvalue weighted by Crippen LogP contribution is 2.26. The number of pyridine rings is 1. The topological polar surface area (TPSA) is 51.7 Å². The average Bonchev–Trinajstić information content (AvgIpc) is 2.40. The van der Waals surface area contributed by atoms with E-state index in [1.54, 1.807) is 23.4 Å². The third kappa shape index (κ3) is 4.77. The first-order valence-corrected chi connectivity index (χ1v) is 7.47. The van der Waals surface area contributed by atoms with E-state index in [0.29, 0.717) is 23.9 Å². The molecule has 0 N–H and O–H groups in total. The largest absolute Gasteiger partial charge is 0.487 e. The van der Waals surface area contributed by atoms with E-state index in [2.05, 4.69) is 4.98 Å². The van der Waals surface area contributed by atoms with Crippen LogP contribution < -0.4 is 4.74 Å². The summed E-state index contributed by atoms with van der Waals surface area (Å²) in [5.74, 6) is 0.592. The highest BCUT2D eigenvalue weighted by atomic mass is 35.5. The lowest BCUT2D eigenvalue weighted by Gasteiger charge is -2.33. The Bertz CT molecular complexity index is 494. The maximum Gasteiger partial charge on any atom is 0.410 e. The van der Waals surface area contributed by atoms with Gasteiger partial charge in [0, 0.05) is 32.1 Å². The van der Waals surface area contributed by atoms with Gasteiger partial charge in [-0.1, -0.05) is 11.6 Å². The molecule has 0 saturated carbocycles. The Kier molecular flexibility index (Phi) is 4.93. The van der Waals surface area contributed by atoms with Crippen LogP contribution in [0.25, 0.3) is 0 Å². The first-order valence-electron chi connectivity index (χ1n) is 7.09. The Labute approximate surface area is 130 Å². The van der Waals surface area contributed by atoms with Crippen molar-refractivity contribution in [2.24, 2.45) is 0 Å². The molecule has 5 nitrogen and oxygen atoms in total. The molecule has 0 radical (unpaired) electrons. The maximum absolute atomic E-state index is 12.0. The smallest absolute Gasteiger partial charge is 0.410 e. The molecule has 1 aromatic rings. The molecule has 2 rings (SSSR count). The van der Waals surface area contributed by atoms with E-state index >= 15 is 0 Å². The molecule has 0 atom stereocenters. The van der Waals surface area contributed by atoms with Gasteiger partial charge in [-0.2, -0.15) is 0 Å². The lowest BCUT2D eigenvalue weighted by molar-refractivity contribution is 0.0126. The number of carbonyl (C=O) groups excluding carboxylic acids is 1. The van der Waals surface area contributed by atoms with E-state index < -0.39 is 5.60 Å². The molecule has 0 spiro atoms. The Morgan fingerprint density at radius 1 is 1.38 bits per heavy atom. The molecule has 1 saturated heterocycles. The standard InChI is InChI=1S/C15H21ClN2O3/c1-15(2,3)21-14(19)18-8-5-11(6-9-18)20-13-10-17-7-4-12(13)16/h4,7,10-11H,5-6,8-9H2,1-3H3. The molecule has 2 heterocycles. The van der Waals surface area contributed by atoms with Crippen LogP contribution in [0.4, 0.5) is 4.79 Å². The number of amides is 1. The normalized spacial score (nSPS) is 16.7. The summed E-state index contributed by atoms with van der Waals surface area (Å²) in [6, 6.07) is 1.70. The van der Waals surface area contributed by atoms with E-state index in [1.807, 2.05) is 20.8 Å². The van der Waals surface area contributed by atoms with Crippen molar-refractivity contribution in [2.45, 2.75) is 45.3 Å². The Morgan fingerprint density at radius 2 is 2.05 bits per heavy atom. The summed E-state index contributed by atoms with van der Waals surface area (Å²) in [4.78, 5) is 17.7. The number of carbonyl (C=O) groups is 1. The molecule has 1 fully saturated rings. The van der Waals surface area contributed by atoms with Crippen LogP contribution in [-0.4, -0.2) is 40.8 Å². The van der Waals surface area contributed by atoms with Crippen LogP contribution >= 0.6 is 11.6 Å². The van der Waals surface area contributed by atoms with Gasteiger partial charge < -0.3 is 14.4 Å². The first-order chi connectivity index (χ1) is 9.85. The number of hydrogen-bond donors (Lipinski definition) is 0. The summed E-state index contributed by atoms with van der Waals surface area (Å²) < 4.78 is 11.2. The minimum absolute atomic E-state index is 0.0467. The fourth-order valence-corrected chi connectivity index (χ4v) is 2.26. The average molecular weight is 313 g/mol. The van der Waals surface area contributed by atoms with Crippen LogP contribution in [-0.2, 0) is 4.74 Å². The minimum atomic E-state index is -0.465. The molecule has 21 heavy (non-hydrogen) atoms. The van der Waals surface area contributed by atoms with Gasteiger partial charge in [-0.3, -0.25) is 4.98 Å². The maximum atomic E-state index is 12.0. The number of piperidine rings is 1. The molecule has 1 amide bonds. The molecule has 0 unspecified atom stereocenters. The number of hydrogen-bond acceptors (Lipinski definition) is 4. The van der Waals surface area contributed by atoms with Crippen LogP contribution in [0.2, 0.25) is 5.02 Å². The Morgan fingerprint density at radius 3 is 2.62 bits per heavy atom. The molecule has 1 aliphatic heterocycles. The van der Waals surface area contributed by atoms with Crippen molar-refractivity contribution in [3.05, 3.63) is 23.5 Å². The van der Waals surface area contributed by atoms with Crippen LogP contribution in [0.15, 0.2) is 18.5 Å². The molecule has 1 aliphatic rings. The van der Waals surface area contributed by atoms with Crippen molar-refractivity contribution in [2.75, 3.05) is 13.1 Å². The lowest BCUT2D eigenvalue weighted by Crippen LogP contribution is -2.44. The minimum Gasteiger partial charge on any atom is -0.487 e. The Hall–Kier alpha value is -1.49. The summed E-state index contributed by atoms with van der Waals surface area (Å²) in [6.45, 7) is 6.84. The zero-order valence-corrected chi connectivity index (χ0v) is 13.4. The van der Waals surface area contributed by atoms with Crippen molar-refractivity contribution in [1.82, 2.24) is 9.88 Å². The van der Waals surface area contributed by atoms with Gasteiger partial charge in [-0.25, -0.2) is 4.79 Å². The number of ether oxygens (including phenoxy) is 2. The van der Waals surface area contributed by atoms with Crippen LogP contribution in [0.3, 0.4) is 0 Å². The molecule has 1 aromatic heterocycles. The SMILES string of the molecule is CC(C)(C)OC(=O)N1CCC(Oc2cnccc2Cl)CC1. The number of aromatic nitrogens is 1. The van der Waals surface area contributed by atoms with Gasteiger partial charge in [0.15, 0.2) is 5.75 Å². The van der Waals surface area contributed by atoms with Gasteiger partial charge in [-0.15, -0.1) is 0 Å². The molecule has 116 valence electrons. The predicted octanol–water partition coefficient (Wildman–Crippen LogP) is 3.51. The van der Waals surface area contributed by atoms with Crippen molar-refractivity contribution in [3.63, 3.8) is 0 Å². The van der Waals surface area contributed by atoms with Crippen molar-refractivity contribution >= 4 is 17.7 Å². The van der Waals surface area contributed by atoms with Gasteiger partial charge in [0.1, 0.15) is 11.7 Å². The second kappa shape index (κ2) is 6.52. The summed E-state index contributed by atoms with van der Waals surface area (Å²) in [5.41, 5.74) is -0.465. The highest BCUT2D eigenvalue weighted by Gasteiger charge is 2.27. The summed E-state index contributed by atoms with van der Waals surface area (Å²) in [6.07, 6.45) is 4.53. The van der Waals surface area contributed by atoms with E-state index in [-0.39, 0.29) is 12.2 Å². The number of halogens is 1. The summed E-state index contributed by atoms with van der Waals surface area (Å²) >= 11 is 6.05. The second-order valence-corrected chi connectivity index (χ2v) is 6.50. The quantitative estimate of drug-likeness (QED) is 0.838. The van der Waals surface area contributed by atoms with Crippen LogP contribution in [0.1, 0.15) is 33.6 Å². The van der Waals surface area contributed by atoms with Gasteiger partial charge in [0.2, 0.25) is 0 Å². The van der Waals surface area contributed by atoms with Crippen molar-refractivity contribution in [3.8, 4) is 5.75 Å². The molecule has 6 heteroatoms. The second-order valence-electron chi connectivity index (χ2n) is 6.09. The monoisotopic (exact) mass is 312 g/mol. The van der Waals surface area contributed by atoms with Gasteiger partial charge in [-0.05, 0) is 26.8 Å². The number of likely N-dealkylation sites (tertiary alicyclic amines) is 1. The van der Waals surface area contributed by atoms with E-state index in [4.69, 9.17) is 21.1 Å². The Balaban J connectivity index is 1.83. The molecule has 0 bridgehead atoms. The first kappa shape index (κ1) is 15.9. The summed E-state index contributed by atoms with van der Waals surface area (Å²) in [7, 11) is 0. The number of rotatable bonds is 2. The predicted molar refractivity (Wildman–Crippen MR) is 80.7 cm³/mol. The van der Waals surface area contributed by atoms with Crippen LogP contribution in [0, 0.1) is 0 Å². The van der Waals surface area contributed by atoms with Gasteiger partial charge >= 0.3 is 6.09 Å². The molecule has 0 aromatic carbocycles. The van der Waals surface area contributed by atoms with E-state index in [1.165, 1.54) is 0 Å². The molecule has 0 aliphatic carbocycles. The van der Waals surface area contributed by atoms with E-state index in [0.717, 1.165) is 12.8 Å². The lowest BCUT2D eigenvalue weighted by atomic mass is 10.1. The molecular weight excluding hydrogens is 292 g/mol. The molecular formula is C15H21ClN2O3. The number of nitrogens with zero attached hydrogens (tertiary/aromatic N) is 2. The third-order valence-corrected chi connectivity index (χ3v) is 3.43. The van der Waals surface area contributed by atoms with Gasteiger partial charge in [0.25, 0.3) is 0 Å². The third-order valence-electron chi connectivity index (χ3n) is 3.12. The van der Waals surface area contributed by atoms with E-state index in [9.17, 15) is 4.79 Å². The zero-order valence-electron chi connectivity index (χ0n) is 12.6. The fraction of sp³-hybridized carbons (Fsp3) is 0.600. The summed E-state index contributed by atoms with van der Waals surface area (Å²) in [5, 5.41) is 0.555. The van der Waals surface area contributed by atoms with Crippen LogP contribution in [0.5, 0.6) is 5.75 Å². The fourth-order valence-electron chi connectivity index (χ4n) is 2.11. The van der Waals surface area contributed by atoms with Gasteiger partial charge in [0.05, 0.1) is 11.2 Å². The highest BCUT2D eigenvalue weighted by molar-refractivity contribution is 6.31. The van der Waals surface area contributed by atoms with Crippen molar-refractivity contribution < 1.29 is 14.3 Å². The van der Waals surface area contributed by atoms with Crippen molar-refractivity contribution in [1.29, 1.82) is 0 Å². The zero-order chi connectivity index (χ0) is 15.5.